The van der Waals surface area contributed by atoms with Crippen LogP contribution in [0.3, 0.4) is 0 Å². The van der Waals surface area contributed by atoms with Crippen molar-refractivity contribution in [3.8, 4) is 6.07 Å². The van der Waals surface area contributed by atoms with Crippen molar-refractivity contribution in [2.45, 2.75) is 58.4 Å². The molecule has 0 bridgehead atoms. The molecule has 0 aliphatic carbocycles. The van der Waals surface area contributed by atoms with Gasteiger partial charge in [-0.1, -0.05) is 45.4 Å². The zero-order chi connectivity index (χ0) is 13.2. The number of rotatable bonds is 8. The average Bonchev–Trinajstić information content (AvgIpc) is 2.39. The number of aryl methyl sites for hydroxylation is 1. The number of pyridine rings is 1. The molecule has 0 saturated heterocycles. The van der Waals surface area contributed by atoms with Crippen molar-refractivity contribution >= 4 is 0 Å². The van der Waals surface area contributed by atoms with Crippen molar-refractivity contribution in [1.82, 2.24) is 4.57 Å². The molecule has 98 valence electrons. The highest BCUT2D eigenvalue weighted by Crippen LogP contribution is 2.07. The molecule has 0 spiro atoms. The molecule has 0 aromatic carbocycles. The molecular weight excluding hydrogens is 224 g/mol. The molecule has 0 unspecified atom stereocenters. The fourth-order valence-electron chi connectivity index (χ4n) is 2.00. The number of aromatic nitrogens is 1. The first-order chi connectivity index (χ1) is 8.77. The Hall–Kier alpha value is -1.56. The maximum atomic E-state index is 11.6. The van der Waals surface area contributed by atoms with Gasteiger partial charge < -0.3 is 4.57 Å². The fraction of sp³-hybridized carbons (Fsp3) is 0.600. The Morgan fingerprint density at radius 1 is 1.17 bits per heavy atom. The van der Waals surface area contributed by atoms with E-state index in [-0.39, 0.29) is 5.56 Å². The van der Waals surface area contributed by atoms with E-state index in [1.54, 1.807) is 16.8 Å². The summed E-state index contributed by atoms with van der Waals surface area (Å²) in [7, 11) is 0. The molecule has 3 nitrogen and oxygen atoms in total. The summed E-state index contributed by atoms with van der Waals surface area (Å²) in [4.78, 5) is 11.6. The van der Waals surface area contributed by atoms with E-state index in [9.17, 15) is 4.79 Å². The fourth-order valence-corrected chi connectivity index (χ4v) is 2.00. The smallest absolute Gasteiger partial charge is 0.251 e. The average molecular weight is 246 g/mol. The maximum absolute atomic E-state index is 11.6. The summed E-state index contributed by atoms with van der Waals surface area (Å²) in [5, 5.41) is 8.67. The lowest BCUT2D eigenvalue weighted by Gasteiger charge is -2.05. The van der Waals surface area contributed by atoms with Crippen LogP contribution in [0.1, 0.15) is 57.4 Å². The zero-order valence-electron chi connectivity index (χ0n) is 11.2. The minimum Gasteiger partial charge on any atom is -0.315 e. The molecule has 0 saturated carbocycles. The van der Waals surface area contributed by atoms with Gasteiger partial charge in [0.1, 0.15) is 0 Å². The lowest BCUT2D eigenvalue weighted by Crippen LogP contribution is -2.18. The third kappa shape index (κ3) is 5.18. The summed E-state index contributed by atoms with van der Waals surface area (Å²) < 4.78 is 1.69. The van der Waals surface area contributed by atoms with Gasteiger partial charge in [0, 0.05) is 18.8 Å². The lowest BCUT2D eigenvalue weighted by atomic mass is 10.1. The van der Waals surface area contributed by atoms with E-state index < -0.39 is 0 Å². The van der Waals surface area contributed by atoms with Crippen LogP contribution in [0.2, 0.25) is 0 Å². The van der Waals surface area contributed by atoms with E-state index in [4.69, 9.17) is 5.26 Å². The summed E-state index contributed by atoms with van der Waals surface area (Å²) in [6.45, 7) is 2.98. The largest absolute Gasteiger partial charge is 0.315 e. The second kappa shape index (κ2) is 8.52. The molecule has 0 fully saturated rings. The Morgan fingerprint density at radius 2 is 1.83 bits per heavy atom. The Balaban J connectivity index is 2.24. The van der Waals surface area contributed by atoms with Crippen LogP contribution in [0.5, 0.6) is 0 Å². The van der Waals surface area contributed by atoms with Gasteiger partial charge in [0.15, 0.2) is 0 Å². The number of nitriles is 1. The van der Waals surface area contributed by atoms with Gasteiger partial charge in [0.2, 0.25) is 0 Å². The second-order valence-electron chi connectivity index (χ2n) is 4.68. The van der Waals surface area contributed by atoms with Gasteiger partial charge >= 0.3 is 0 Å². The molecule has 0 aliphatic heterocycles. The van der Waals surface area contributed by atoms with E-state index in [1.165, 1.54) is 44.6 Å². The maximum Gasteiger partial charge on any atom is 0.251 e. The van der Waals surface area contributed by atoms with Gasteiger partial charge in [-0.25, -0.2) is 0 Å². The van der Waals surface area contributed by atoms with Gasteiger partial charge in [-0.2, -0.15) is 5.26 Å². The second-order valence-corrected chi connectivity index (χ2v) is 4.68. The molecule has 0 N–H and O–H groups in total. The summed E-state index contributed by atoms with van der Waals surface area (Å²) in [5.74, 6) is 0. The molecule has 0 atom stereocenters. The van der Waals surface area contributed by atoms with Crippen LogP contribution in [0.15, 0.2) is 23.1 Å². The standard InChI is InChI=1S/C15H22N2O/c1-2-3-4-5-6-7-8-10-17-11-9-14(13-16)12-15(17)18/h9,11-12H,2-8,10H2,1H3. The summed E-state index contributed by atoms with van der Waals surface area (Å²) >= 11 is 0. The molecule has 1 aromatic heterocycles. The van der Waals surface area contributed by atoms with Crippen LogP contribution < -0.4 is 5.56 Å². The van der Waals surface area contributed by atoms with Crippen LogP contribution >= 0.6 is 0 Å². The summed E-state index contributed by atoms with van der Waals surface area (Å²) in [6.07, 6.45) is 10.4. The van der Waals surface area contributed by atoms with E-state index in [0.717, 1.165) is 13.0 Å². The SMILES string of the molecule is CCCCCCCCCn1ccc(C#N)cc1=O. The third-order valence-corrected chi connectivity index (χ3v) is 3.13. The lowest BCUT2D eigenvalue weighted by molar-refractivity contribution is 0.543. The molecule has 1 aromatic rings. The molecular formula is C15H22N2O. The number of hydrogen-bond donors (Lipinski definition) is 0. The Morgan fingerprint density at radius 3 is 2.44 bits per heavy atom. The number of nitrogens with zero attached hydrogens (tertiary/aromatic N) is 2. The Kier molecular flexibility index (Phi) is 6.86. The molecule has 3 heteroatoms. The molecule has 0 amide bonds. The van der Waals surface area contributed by atoms with Gasteiger partial charge in [-0.3, -0.25) is 4.79 Å². The highest BCUT2D eigenvalue weighted by atomic mass is 16.1. The van der Waals surface area contributed by atoms with Gasteiger partial charge in [0.05, 0.1) is 11.6 Å². The van der Waals surface area contributed by atoms with E-state index in [1.807, 2.05) is 6.07 Å². The highest BCUT2D eigenvalue weighted by Gasteiger charge is 1.98. The first-order valence-corrected chi connectivity index (χ1v) is 6.88. The van der Waals surface area contributed by atoms with Gasteiger partial charge in [0.25, 0.3) is 5.56 Å². The molecule has 1 heterocycles. The van der Waals surface area contributed by atoms with Crippen LogP contribution in [0, 0.1) is 11.3 Å². The number of hydrogen-bond acceptors (Lipinski definition) is 2. The van der Waals surface area contributed by atoms with Crippen LogP contribution in [-0.4, -0.2) is 4.57 Å². The molecule has 18 heavy (non-hydrogen) atoms. The quantitative estimate of drug-likeness (QED) is 0.659. The van der Waals surface area contributed by atoms with Crippen molar-refractivity contribution < 1.29 is 0 Å². The van der Waals surface area contributed by atoms with Crippen molar-refractivity contribution in [3.05, 3.63) is 34.2 Å². The minimum absolute atomic E-state index is 0.0694. The topological polar surface area (TPSA) is 45.8 Å². The predicted molar refractivity (Wildman–Crippen MR) is 73.4 cm³/mol. The van der Waals surface area contributed by atoms with Crippen molar-refractivity contribution in [2.75, 3.05) is 0 Å². The summed E-state index contributed by atoms with van der Waals surface area (Å²) in [5.41, 5.74) is 0.371. The van der Waals surface area contributed by atoms with Crippen LogP contribution in [0.25, 0.3) is 0 Å². The first kappa shape index (κ1) is 14.5. The van der Waals surface area contributed by atoms with Crippen molar-refractivity contribution in [1.29, 1.82) is 5.26 Å². The van der Waals surface area contributed by atoms with Gasteiger partial charge in [-0.05, 0) is 12.5 Å². The third-order valence-electron chi connectivity index (χ3n) is 3.13. The predicted octanol–water partition coefficient (Wildman–Crippen LogP) is 3.47. The van der Waals surface area contributed by atoms with Crippen LogP contribution in [-0.2, 0) is 6.54 Å². The number of unbranched alkanes of at least 4 members (excludes halogenated alkanes) is 6. The highest BCUT2D eigenvalue weighted by molar-refractivity contribution is 5.25. The Labute approximate surface area is 109 Å². The van der Waals surface area contributed by atoms with E-state index in [2.05, 4.69) is 6.92 Å². The Bertz CT molecular complexity index is 443. The molecule has 0 radical (unpaired) electrons. The minimum atomic E-state index is -0.0694. The summed E-state index contributed by atoms with van der Waals surface area (Å²) in [6, 6.07) is 5.08. The van der Waals surface area contributed by atoms with Crippen molar-refractivity contribution in [2.24, 2.45) is 0 Å². The van der Waals surface area contributed by atoms with Crippen LogP contribution in [0.4, 0.5) is 0 Å². The molecule has 0 aliphatic rings. The molecule has 1 rings (SSSR count). The van der Waals surface area contributed by atoms with Crippen molar-refractivity contribution in [3.63, 3.8) is 0 Å². The monoisotopic (exact) mass is 246 g/mol. The normalized spacial score (nSPS) is 10.2. The van der Waals surface area contributed by atoms with E-state index >= 15 is 0 Å². The zero-order valence-corrected chi connectivity index (χ0v) is 11.2. The van der Waals surface area contributed by atoms with Gasteiger partial charge in [-0.15, -0.1) is 0 Å². The first-order valence-electron chi connectivity index (χ1n) is 6.88. The van der Waals surface area contributed by atoms with E-state index in [0.29, 0.717) is 5.56 Å².